The van der Waals surface area contributed by atoms with Gasteiger partial charge < -0.3 is 9.26 Å². The molecule has 25 heavy (non-hydrogen) atoms. The summed E-state index contributed by atoms with van der Waals surface area (Å²) in [6.07, 6.45) is 0. The summed E-state index contributed by atoms with van der Waals surface area (Å²) in [7, 11) is -2.87. The van der Waals surface area contributed by atoms with Crippen LogP contribution in [0.5, 0.6) is 0 Å². The predicted molar refractivity (Wildman–Crippen MR) is 86.6 cm³/mol. The molecule has 1 aliphatic heterocycles. The highest BCUT2D eigenvalue weighted by Gasteiger charge is 2.21. The number of aromatic nitrogens is 1. The Kier molecular flexibility index (Phi) is 5.45. The molecule has 136 valence electrons. The Hall–Kier alpha value is -1.84. The van der Waals surface area contributed by atoms with Gasteiger partial charge in [0.25, 0.3) is 0 Å². The lowest BCUT2D eigenvalue weighted by Crippen LogP contribution is -2.41. The SMILES string of the molecule is O=S1(=O)CCN(CCOCc2cc(-c3ccc(F)c(F)c3)no2)CC1. The molecule has 2 heterocycles. The van der Waals surface area contributed by atoms with Crippen molar-refractivity contribution in [2.24, 2.45) is 0 Å². The molecule has 0 saturated carbocycles. The van der Waals surface area contributed by atoms with Crippen molar-refractivity contribution >= 4 is 9.84 Å². The van der Waals surface area contributed by atoms with Gasteiger partial charge in [0.1, 0.15) is 12.3 Å². The number of hydrogen-bond acceptors (Lipinski definition) is 6. The summed E-state index contributed by atoms with van der Waals surface area (Å²) in [6, 6.07) is 5.13. The van der Waals surface area contributed by atoms with Crippen LogP contribution >= 0.6 is 0 Å². The third-order valence-electron chi connectivity index (χ3n) is 4.01. The molecule has 1 saturated heterocycles. The average molecular weight is 372 g/mol. The molecular weight excluding hydrogens is 354 g/mol. The van der Waals surface area contributed by atoms with Crippen molar-refractivity contribution in [2.45, 2.75) is 6.61 Å². The van der Waals surface area contributed by atoms with Crippen LogP contribution in [-0.2, 0) is 21.2 Å². The van der Waals surface area contributed by atoms with Crippen LogP contribution in [0, 0.1) is 11.6 Å². The Morgan fingerprint density at radius 1 is 1.16 bits per heavy atom. The second-order valence-corrected chi connectivity index (χ2v) is 8.16. The van der Waals surface area contributed by atoms with Crippen molar-refractivity contribution in [2.75, 3.05) is 37.7 Å². The minimum Gasteiger partial charge on any atom is -0.372 e. The number of hydrogen-bond donors (Lipinski definition) is 0. The highest BCUT2D eigenvalue weighted by atomic mass is 32.2. The second-order valence-electron chi connectivity index (χ2n) is 5.85. The summed E-state index contributed by atoms with van der Waals surface area (Å²) in [5, 5.41) is 3.82. The fourth-order valence-electron chi connectivity index (χ4n) is 2.51. The lowest BCUT2D eigenvalue weighted by molar-refractivity contribution is 0.0803. The van der Waals surface area contributed by atoms with Gasteiger partial charge in [0.05, 0.1) is 18.1 Å². The van der Waals surface area contributed by atoms with E-state index < -0.39 is 21.5 Å². The fraction of sp³-hybridized carbons (Fsp3) is 0.438. The van der Waals surface area contributed by atoms with E-state index in [4.69, 9.17) is 9.26 Å². The summed E-state index contributed by atoms with van der Waals surface area (Å²) in [5.74, 6) is -1.01. The molecule has 1 fully saturated rings. The summed E-state index contributed by atoms with van der Waals surface area (Å²) in [6.45, 7) is 2.31. The molecule has 3 rings (SSSR count). The smallest absolute Gasteiger partial charge is 0.163 e. The van der Waals surface area contributed by atoms with Gasteiger partial charge in [-0.1, -0.05) is 5.16 Å². The lowest BCUT2D eigenvalue weighted by atomic mass is 10.1. The molecule has 0 amide bonds. The first-order valence-electron chi connectivity index (χ1n) is 7.84. The van der Waals surface area contributed by atoms with Crippen molar-refractivity contribution in [3.05, 3.63) is 41.7 Å². The van der Waals surface area contributed by atoms with Crippen LogP contribution in [0.25, 0.3) is 11.3 Å². The Balaban J connectivity index is 1.45. The van der Waals surface area contributed by atoms with E-state index in [0.29, 0.717) is 43.3 Å². The average Bonchev–Trinajstić information content (AvgIpc) is 3.04. The molecule has 1 aromatic heterocycles. The molecule has 6 nitrogen and oxygen atoms in total. The molecule has 0 radical (unpaired) electrons. The number of sulfone groups is 1. The zero-order valence-corrected chi connectivity index (χ0v) is 14.3. The van der Waals surface area contributed by atoms with Gasteiger partial charge in [-0.25, -0.2) is 17.2 Å². The van der Waals surface area contributed by atoms with E-state index in [2.05, 4.69) is 5.16 Å². The molecule has 9 heteroatoms. The van der Waals surface area contributed by atoms with Gasteiger partial charge in [-0.05, 0) is 18.2 Å². The standard InChI is InChI=1S/C16H18F2N2O4S/c17-14-2-1-12(9-15(14)18)16-10-13(24-19-16)11-23-6-3-20-4-7-25(21,22)8-5-20/h1-2,9-10H,3-8,11H2. The molecule has 0 atom stereocenters. The predicted octanol–water partition coefficient (Wildman–Crippen LogP) is 1.87. The van der Waals surface area contributed by atoms with E-state index in [1.165, 1.54) is 6.07 Å². The fourth-order valence-corrected chi connectivity index (χ4v) is 3.79. The van der Waals surface area contributed by atoms with Gasteiger partial charge >= 0.3 is 0 Å². The third-order valence-corrected chi connectivity index (χ3v) is 5.62. The molecule has 1 aromatic carbocycles. The molecule has 1 aliphatic rings. The minimum atomic E-state index is -2.87. The first kappa shape index (κ1) is 18.0. The Bertz CT molecular complexity index is 824. The van der Waals surface area contributed by atoms with E-state index in [0.717, 1.165) is 12.1 Å². The Morgan fingerprint density at radius 2 is 1.92 bits per heavy atom. The Morgan fingerprint density at radius 3 is 2.64 bits per heavy atom. The lowest BCUT2D eigenvalue weighted by Gasteiger charge is -2.26. The van der Waals surface area contributed by atoms with Crippen LogP contribution in [0.15, 0.2) is 28.8 Å². The van der Waals surface area contributed by atoms with E-state index in [-0.39, 0.29) is 18.1 Å². The maximum atomic E-state index is 13.2. The molecule has 0 N–H and O–H groups in total. The van der Waals surface area contributed by atoms with Gasteiger partial charge in [-0.15, -0.1) is 0 Å². The largest absolute Gasteiger partial charge is 0.372 e. The van der Waals surface area contributed by atoms with E-state index in [1.807, 2.05) is 4.90 Å². The van der Waals surface area contributed by atoms with Gasteiger partial charge in [-0.3, -0.25) is 4.90 Å². The van der Waals surface area contributed by atoms with Gasteiger partial charge in [0.15, 0.2) is 27.2 Å². The first-order valence-corrected chi connectivity index (χ1v) is 9.67. The third kappa shape index (κ3) is 4.83. The van der Waals surface area contributed by atoms with Crippen LogP contribution in [-0.4, -0.2) is 56.2 Å². The van der Waals surface area contributed by atoms with Crippen molar-refractivity contribution in [3.63, 3.8) is 0 Å². The summed E-state index contributed by atoms with van der Waals surface area (Å²) in [4.78, 5) is 2.04. The summed E-state index contributed by atoms with van der Waals surface area (Å²) < 4.78 is 59.5. The molecule has 2 aromatic rings. The second kappa shape index (κ2) is 7.59. The quantitative estimate of drug-likeness (QED) is 0.721. The molecule has 0 unspecified atom stereocenters. The number of halogens is 2. The van der Waals surface area contributed by atoms with Crippen molar-refractivity contribution < 1.29 is 26.5 Å². The molecule has 0 bridgehead atoms. The molecular formula is C16H18F2N2O4S. The zero-order valence-electron chi connectivity index (χ0n) is 13.5. The van der Waals surface area contributed by atoms with Crippen LogP contribution in [0.4, 0.5) is 8.78 Å². The highest BCUT2D eigenvalue weighted by Crippen LogP contribution is 2.21. The zero-order chi connectivity index (χ0) is 17.9. The van der Waals surface area contributed by atoms with Crippen molar-refractivity contribution in [1.29, 1.82) is 0 Å². The summed E-state index contributed by atoms with van der Waals surface area (Å²) >= 11 is 0. The van der Waals surface area contributed by atoms with Gasteiger partial charge in [0.2, 0.25) is 0 Å². The highest BCUT2D eigenvalue weighted by molar-refractivity contribution is 7.91. The van der Waals surface area contributed by atoms with E-state index >= 15 is 0 Å². The van der Waals surface area contributed by atoms with Crippen molar-refractivity contribution in [3.8, 4) is 11.3 Å². The van der Waals surface area contributed by atoms with Crippen LogP contribution in [0.1, 0.15) is 5.76 Å². The maximum absolute atomic E-state index is 13.2. The topological polar surface area (TPSA) is 72.6 Å². The monoisotopic (exact) mass is 372 g/mol. The van der Waals surface area contributed by atoms with Crippen LogP contribution in [0.2, 0.25) is 0 Å². The van der Waals surface area contributed by atoms with E-state index in [9.17, 15) is 17.2 Å². The van der Waals surface area contributed by atoms with E-state index in [1.54, 1.807) is 6.07 Å². The van der Waals surface area contributed by atoms with Crippen LogP contribution in [0.3, 0.4) is 0 Å². The number of rotatable bonds is 6. The van der Waals surface area contributed by atoms with Crippen LogP contribution < -0.4 is 0 Å². The Labute approximate surface area is 144 Å². The van der Waals surface area contributed by atoms with Gasteiger partial charge in [-0.2, -0.15) is 0 Å². The summed E-state index contributed by atoms with van der Waals surface area (Å²) in [5.41, 5.74) is 0.821. The maximum Gasteiger partial charge on any atom is 0.163 e. The van der Waals surface area contributed by atoms with Crippen molar-refractivity contribution in [1.82, 2.24) is 10.1 Å². The molecule has 0 aliphatic carbocycles. The van der Waals surface area contributed by atoms with Gasteiger partial charge in [0, 0.05) is 31.3 Å². The number of nitrogens with zero attached hydrogens (tertiary/aromatic N) is 2. The normalized spacial score (nSPS) is 17.7. The number of benzene rings is 1. The minimum absolute atomic E-state index is 0.187. The number of ether oxygens (including phenoxy) is 1. The first-order chi connectivity index (χ1) is 11.9. The molecule has 0 spiro atoms.